The van der Waals surface area contributed by atoms with E-state index in [-0.39, 0.29) is 17.0 Å². The van der Waals surface area contributed by atoms with E-state index >= 15 is 0 Å². The van der Waals surface area contributed by atoms with Crippen LogP contribution in [0.4, 0.5) is 0 Å². The Morgan fingerprint density at radius 2 is 1.73 bits per heavy atom. The molecule has 1 aromatic heterocycles. The van der Waals surface area contributed by atoms with Gasteiger partial charge in [0.05, 0.1) is 5.56 Å². The van der Waals surface area contributed by atoms with Crippen LogP contribution in [0.15, 0.2) is 48.5 Å². The number of carboxylic acids is 1. The molecule has 0 fully saturated rings. The topological polar surface area (TPSA) is 87.5 Å². The number of hydrogen-bond acceptors (Lipinski definition) is 4. The van der Waals surface area contributed by atoms with Crippen LogP contribution in [-0.4, -0.2) is 27.5 Å². The van der Waals surface area contributed by atoms with Crippen molar-refractivity contribution in [2.45, 2.75) is 0 Å². The quantitative estimate of drug-likeness (QED) is 0.724. The lowest BCUT2D eigenvalue weighted by atomic mass is 10.0. The maximum absolute atomic E-state index is 10.9. The zero-order valence-electron chi connectivity index (χ0n) is 11.4. The first-order valence-corrected chi connectivity index (χ1v) is 6.51. The van der Waals surface area contributed by atoms with Crippen LogP contribution in [-0.2, 0) is 0 Å². The molecule has 5 heteroatoms. The van der Waals surface area contributed by atoms with E-state index in [2.05, 4.69) is 4.98 Å². The summed E-state index contributed by atoms with van der Waals surface area (Å²) in [6.45, 7) is 0. The molecule has 0 aliphatic carbocycles. The maximum atomic E-state index is 10.9. The first-order chi connectivity index (χ1) is 10.6. The predicted octanol–water partition coefficient (Wildman–Crippen LogP) is 3.12. The minimum absolute atomic E-state index is 0.0292. The molecule has 0 amide bonds. The number of rotatable bonds is 3. The van der Waals surface area contributed by atoms with Crippen molar-refractivity contribution in [1.29, 1.82) is 0 Å². The first kappa shape index (κ1) is 13.8. The van der Waals surface area contributed by atoms with Gasteiger partial charge in [0, 0.05) is 5.39 Å². The van der Waals surface area contributed by atoms with E-state index in [1.54, 1.807) is 30.3 Å². The molecule has 0 aliphatic rings. The van der Waals surface area contributed by atoms with Crippen LogP contribution >= 0.6 is 0 Å². The third-order valence-corrected chi connectivity index (χ3v) is 3.38. The summed E-state index contributed by atoms with van der Waals surface area (Å²) < 4.78 is 0. The summed E-state index contributed by atoms with van der Waals surface area (Å²) in [4.78, 5) is 25.7. The zero-order valence-corrected chi connectivity index (χ0v) is 11.4. The molecule has 5 nitrogen and oxygen atoms in total. The number of carbonyl (C=O) groups is 2. The van der Waals surface area contributed by atoms with Gasteiger partial charge >= 0.3 is 5.97 Å². The number of aromatic carboxylic acids is 1. The average Bonchev–Trinajstić information content (AvgIpc) is 2.54. The fourth-order valence-corrected chi connectivity index (χ4v) is 2.27. The molecule has 0 atom stereocenters. The molecule has 2 N–H and O–H groups in total. The van der Waals surface area contributed by atoms with Crippen LogP contribution in [0.1, 0.15) is 20.8 Å². The molecule has 3 rings (SSSR count). The van der Waals surface area contributed by atoms with Crippen molar-refractivity contribution in [1.82, 2.24) is 4.98 Å². The van der Waals surface area contributed by atoms with Crippen LogP contribution < -0.4 is 0 Å². The number of pyridine rings is 1. The van der Waals surface area contributed by atoms with Gasteiger partial charge in [-0.25, -0.2) is 9.78 Å². The van der Waals surface area contributed by atoms with Gasteiger partial charge < -0.3 is 10.2 Å². The number of fused-ring (bicyclic) bond motifs is 1. The van der Waals surface area contributed by atoms with Crippen molar-refractivity contribution in [3.8, 4) is 16.9 Å². The maximum Gasteiger partial charge on any atom is 0.335 e. The number of aromatic nitrogens is 1. The molecule has 0 radical (unpaired) electrons. The number of aromatic hydroxyl groups is 1. The number of carbonyl (C=O) groups excluding carboxylic acids is 1. The lowest BCUT2D eigenvalue weighted by Crippen LogP contribution is -1.95. The Morgan fingerprint density at radius 3 is 2.36 bits per heavy atom. The number of phenolic OH excluding ortho intramolecular Hbond substituents is 1. The fraction of sp³-hybridized carbons (Fsp3) is 0. The molecule has 0 spiro atoms. The molecule has 0 aliphatic heterocycles. The lowest BCUT2D eigenvalue weighted by molar-refractivity contribution is 0.0696. The average molecular weight is 293 g/mol. The number of nitrogens with zero attached hydrogens (tertiary/aromatic N) is 1. The number of aldehydes is 1. The second-order valence-corrected chi connectivity index (χ2v) is 4.80. The molecule has 2 aromatic carbocycles. The van der Waals surface area contributed by atoms with Gasteiger partial charge in [0.1, 0.15) is 17.0 Å². The summed E-state index contributed by atoms with van der Waals surface area (Å²) in [6, 6.07) is 13.0. The summed E-state index contributed by atoms with van der Waals surface area (Å²) in [5.41, 5.74) is 2.33. The van der Waals surface area contributed by atoms with Gasteiger partial charge in [0.15, 0.2) is 6.29 Å². The van der Waals surface area contributed by atoms with E-state index in [1.807, 2.05) is 6.07 Å². The Labute approximate surface area is 125 Å². The summed E-state index contributed by atoms with van der Waals surface area (Å²) in [5, 5.41) is 19.7. The van der Waals surface area contributed by atoms with E-state index in [1.165, 1.54) is 12.1 Å². The summed E-state index contributed by atoms with van der Waals surface area (Å²) in [5.74, 6) is -1.02. The lowest BCUT2D eigenvalue weighted by Gasteiger charge is -2.07. The SMILES string of the molecule is O=Cc1ccc2cc(-c3ccc(C(=O)O)cc3)cc(O)c2n1. The second-order valence-electron chi connectivity index (χ2n) is 4.80. The Morgan fingerprint density at radius 1 is 1.00 bits per heavy atom. The summed E-state index contributed by atoms with van der Waals surface area (Å²) in [6.07, 6.45) is 0.622. The highest BCUT2D eigenvalue weighted by atomic mass is 16.4. The summed E-state index contributed by atoms with van der Waals surface area (Å²) >= 11 is 0. The largest absolute Gasteiger partial charge is 0.506 e. The Balaban J connectivity index is 2.11. The first-order valence-electron chi connectivity index (χ1n) is 6.51. The van der Waals surface area contributed by atoms with Crippen molar-refractivity contribution >= 4 is 23.2 Å². The van der Waals surface area contributed by atoms with E-state index < -0.39 is 5.97 Å². The van der Waals surface area contributed by atoms with E-state index in [4.69, 9.17) is 5.11 Å². The second kappa shape index (κ2) is 5.29. The molecule has 108 valence electrons. The number of hydrogen-bond donors (Lipinski definition) is 2. The third kappa shape index (κ3) is 2.40. The Kier molecular flexibility index (Phi) is 3.31. The monoisotopic (exact) mass is 293 g/mol. The summed E-state index contributed by atoms with van der Waals surface area (Å²) in [7, 11) is 0. The highest BCUT2D eigenvalue weighted by molar-refractivity contribution is 5.92. The van der Waals surface area contributed by atoms with E-state index in [0.29, 0.717) is 17.2 Å². The van der Waals surface area contributed by atoms with Crippen LogP contribution in [0.25, 0.3) is 22.0 Å². The van der Waals surface area contributed by atoms with Gasteiger partial charge in [-0.05, 0) is 41.5 Å². The normalized spacial score (nSPS) is 10.5. The molecule has 0 bridgehead atoms. The minimum atomic E-state index is -0.987. The smallest absolute Gasteiger partial charge is 0.335 e. The van der Waals surface area contributed by atoms with E-state index in [9.17, 15) is 14.7 Å². The number of phenols is 1. The number of carboxylic acid groups (broad SMARTS) is 1. The van der Waals surface area contributed by atoms with Crippen molar-refractivity contribution in [3.05, 3.63) is 59.8 Å². The van der Waals surface area contributed by atoms with Gasteiger partial charge in [0.25, 0.3) is 0 Å². The highest BCUT2D eigenvalue weighted by Crippen LogP contribution is 2.30. The number of benzene rings is 2. The van der Waals surface area contributed by atoms with Gasteiger partial charge in [-0.2, -0.15) is 0 Å². The predicted molar refractivity (Wildman–Crippen MR) is 81.2 cm³/mol. The zero-order chi connectivity index (χ0) is 15.7. The van der Waals surface area contributed by atoms with Crippen molar-refractivity contribution in [2.24, 2.45) is 0 Å². The van der Waals surface area contributed by atoms with Crippen molar-refractivity contribution in [2.75, 3.05) is 0 Å². The van der Waals surface area contributed by atoms with Crippen LogP contribution in [0.2, 0.25) is 0 Å². The van der Waals surface area contributed by atoms with Gasteiger partial charge in [-0.3, -0.25) is 4.79 Å². The Bertz CT molecular complexity index is 885. The van der Waals surface area contributed by atoms with Crippen LogP contribution in [0.3, 0.4) is 0 Å². The molecule has 22 heavy (non-hydrogen) atoms. The molecule has 3 aromatic rings. The molecule has 1 heterocycles. The molecule has 0 unspecified atom stereocenters. The third-order valence-electron chi connectivity index (χ3n) is 3.38. The highest BCUT2D eigenvalue weighted by Gasteiger charge is 2.08. The minimum Gasteiger partial charge on any atom is -0.506 e. The molecular formula is C17H11NO4. The Hall–Kier alpha value is -3.21. The fourth-order valence-electron chi connectivity index (χ4n) is 2.27. The van der Waals surface area contributed by atoms with Gasteiger partial charge in [-0.15, -0.1) is 0 Å². The molecular weight excluding hydrogens is 282 g/mol. The van der Waals surface area contributed by atoms with Gasteiger partial charge in [0.2, 0.25) is 0 Å². The standard InChI is InChI=1S/C17H11NO4/c19-9-14-6-5-12-7-13(8-15(20)16(12)18-14)10-1-3-11(4-2-10)17(21)22/h1-9,20H,(H,21,22). The van der Waals surface area contributed by atoms with Crippen molar-refractivity contribution in [3.63, 3.8) is 0 Å². The van der Waals surface area contributed by atoms with E-state index in [0.717, 1.165) is 11.1 Å². The van der Waals surface area contributed by atoms with Crippen LogP contribution in [0, 0.1) is 0 Å². The van der Waals surface area contributed by atoms with Gasteiger partial charge in [-0.1, -0.05) is 18.2 Å². The van der Waals surface area contributed by atoms with Crippen molar-refractivity contribution < 1.29 is 19.8 Å². The van der Waals surface area contributed by atoms with Crippen LogP contribution in [0.5, 0.6) is 5.75 Å². The molecule has 0 saturated carbocycles. The molecule has 0 saturated heterocycles.